The number of carboxylic acids is 1. The normalized spacial score (nSPS) is 20.4. The molecule has 134 valence electrons. The molecule has 2 aromatic heterocycles. The molecule has 0 bridgehead atoms. The number of hydrogen-bond acceptors (Lipinski definition) is 6. The number of nitrogens with zero attached hydrogens (tertiary/aromatic N) is 5. The monoisotopic (exact) mass is 357 g/mol. The van der Waals surface area contributed by atoms with Gasteiger partial charge in [-0.3, -0.25) is 4.98 Å². The number of aromatic nitrogens is 5. The van der Waals surface area contributed by atoms with Crippen LogP contribution in [0.3, 0.4) is 0 Å². The van der Waals surface area contributed by atoms with Crippen LogP contribution in [-0.2, 0) is 15.1 Å². The van der Waals surface area contributed by atoms with E-state index in [1.54, 1.807) is 13.0 Å². The standard InChI is InChI=1S/C17H16FN5O3/c1-10-5-11-7-12(8-19-14(11)13(18)6-10)15-20-22-23(21-15)17(16(24)25)3-2-4-26-9-17/h5-8H,2-4,9H2,1H3,(H,24,25). The third-order valence-corrected chi connectivity index (χ3v) is 4.55. The minimum atomic E-state index is -1.36. The molecule has 0 saturated carbocycles. The van der Waals surface area contributed by atoms with Crippen LogP contribution in [0.15, 0.2) is 24.4 Å². The number of pyridine rings is 1. The van der Waals surface area contributed by atoms with E-state index in [1.165, 1.54) is 12.3 Å². The molecular formula is C17H16FN5O3. The number of benzene rings is 1. The third kappa shape index (κ3) is 2.60. The minimum Gasteiger partial charge on any atom is -0.479 e. The Morgan fingerprint density at radius 1 is 1.38 bits per heavy atom. The number of halogens is 1. The van der Waals surface area contributed by atoms with Gasteiger partial charge in [-0.05, 0) is 48.7 Å². The Morgan fingerprint density at radius 3 is 2.96 bits per heavy atom. The molecule has 0 radical (unpaired) electrons. The molecule has 1 N–H and O–H groups in total. The molecule has 9 heteroatoms. The molecule has 0 spiro atoms. The van der Waals surface area contributed by atoms with Crippen LogP contribution in [0.1, 0.15) is 18.4 Å². The molecule has 1 unspecified atom stereocenters. The van der Waals surface area contributed by atoms with Crippen molar-refractivity contribution in [3.05, 3.63) is 35.8 Å². The number of tetrazole rings is 1. The number of aryl methyl sites for hydroxylation is 1. The van der Waals surface area contributed by atoms with Crippen molar-refractivity contribution in [3.63, 3.8) is 0 Å². The molecule has 3 heterocycles. The highest BCUT2D eigenvalue weighted by molar-refractivity contribution is 5.83. The first-order valence-electron chi connectivity index (χ1n) is 8.17. The number of fused-ring (bicyclic) bond motifs is 1. The molecule has 8 nitrogen and oxygen atoms in total. The summed E-state index contributed by atoms with van der Waals surface area (Å²) in [6.07, 6.45) is 2.41. The molecule has 4 rings (SSSR count). The van der Waals surface area contributed by atoms with E-state index < -0.39 is 17.3 Å². The minimum absolute atomic E-state index is 0.0154. The second-order valence-corrected chi connectivity index (χ2v) is 6.44. The number of ether oxygens (including phenoxy) is 1. The quantitative estimate of drug-likeness (QED) is 0.764. The van der Waals surface area contributed by atoms with Gasteiger partial charge in [0.15, 0.2) is 0 Å². The highest BCUT2D eigenvalue weighted by atomic mass is 19.1. The Labute approximate surface area is 147 Å². The molecular weight excluding hydrogens is 341 g/mol. The van der Waals surface area contributed by atoms with Gasteiger partial charge < -0.3 is 9.84 Å². The number of carboxylic acid groups (broad SMARTS) is 1. The molecule has 3 aromatic rings. The average Bonchev–Trinajstić information content (AvgIpc) is 3.12. The predicted octanol–water partition coefficient (Wildman–Crippen LogP) is 1.93. The summed E-state index contributed by atoms with van der Waals surface area (Å²) in [6.45, 7) is 2.29. The molecule has 26 heavy (non-hydrogen) atoms. The Kier molecular flexibility index (Phi) is 3.87. The smallest absolute Gasteiger partial charge is 0.336 e. The molecule has 1 aliphatic rings. The SMILES string of the molecule is Cc1cc(F)c2ncc(-c3nnn(C4(C(=O)O)CCCOC4)n3)cc2c1. The second-order valence-electron chi connectivity index (χ2n) is 6.44. The van der Waals surface area contributed by atoms with E-state index >= 15 is 0 Å². The molecule has 1 atom stereocenters. The van der Waals surface area contributed by atoms with Crippen molar-refractivity contribution in [2.75, 3.05) is 13.2 Å². The van der Waals surface area contributed by atoms with Gasteiger partial charge in [0.2, 0.25) is 11.4 Å². The van der Waals surface area contributed by atoms with Crippen LogP contribution in [0, 0.1) is 12.7 Å². The van der Waals surface area contributed by atoms with Crippen LogP contribution in [0.4, 0.5) is 4.39 Å². The Bertz CT molecular complexity index is 997. The van der Waals surface area contributed by atoms with E-state index in [2.05, 4.69) is 20.4 Å². The van der Waals surface area contributed by atoms with E-state index in [0.29, 0.717) is 30.4 Å². The van der Waals surface area contributed by atoms with Gasteiger partial charge in [0, 0.05) is 23.8 Å². The molecule has 1 fully saturated rings. The molecule has 1 aliphatic heterocycles. The van der Waals surface area contributed by atoms with Gasteiger partial charge in [-0.2, -0.15) is 0 Å². The van der Waals surface area contributed by atoms with Crippen LogP contribution in [0.25, 0.3) is 22.3 Å². The topological polar surface area (TPSA) is 103 Å². The zero-order valence-electron chi connectivity index (χ0n) is 14.0. The maximum absolute atomic E-state index is 14.0. The number of hydrogen-bond donors (Lipinski definition) is 1. The van der Waals surface area contributed by atoms with Crippen LogP contribution < -0.4 is 0 Å². The van der Waals surface area contributed by atoms with Crippen molar-refractivity contribution in [3.8, 4) is 11.4 Å². The van der Waals surface area contributed by atoms with Gasteiger partial charge in [0.25, 0.3) is 0 Å². The van der Waals surface area contributed by atoms with Crippen LogP contribution in [0.2, 0.25) is 0 Å². The summed E-state index contributed by atoms with van der Waals surface area (Å²) >= 11 is 0. The fourth-order valence-electron chi connectivity index (χ4n) is 3.17. The lowest BCUT2D eigenvalue weighted by atomic mass is 9.93. The summed E-state index contributed by atoms with van der Waals surface area (Å²) < 4.78 is 19.3. The average molecular weight is 357 g/mol. The molecule has 0 aliphatic carbocycles. The Morgan fingerprint density at radius 2 is 2.23 bits per heavy atom. The largest absolute Gasteiger partial charge is 0.479 e. The zero-order chi connectivity index (χ0) is 18.3. The number of rotatable bonds is 3. The summed E-state index contributed by atoms with van der Waals surface area (Å²) in [7, 11) is 0. The van der Waals surface area contributed by atoms with E-state index in [4.69, 9.17) is 4.74 Å². The van der Waals surface area contributed by atoms with Crippen molar-refractivity contribution in [2.24, 2.45) is 0 Å². The predicted molar refractivity (Wildman–Crippen MR) is 88.9 cm³/mol. The molecule has 1 saturated heterocycles. The molecule has 0 amide bonds. The van der Waals surface area contributed by atoms with Gasteiger partial charge in [0.1, 0.15) is 11.3 Å². The lowest BCUT2D eigenvalue weighted by molar-refractivity contribution is -0.157. The Balaban J connectivity index is 1.76. The summed E-state index contributed by atoms with van der Waals surface area (Å²) in [5, 5.41) is 22.4. The lowest BCUT2D eigenvalue weighted by Crippen LogP contribution is -2.50. The van der Waals surface area contributed by atoms with Crippen molar-refractivity contribution in [1.29, 1.82) is 0 Å². The highest BCUT2D eigenvalue weighted by Crippen LogP contribution is 2.28. The summed E-state index contributed by atoms with van der Waals surface area (Å²) in [5.74, 6) is -1.23. The van der Waals surface area contributed by atoms with E-state index in [9.17, 15) is 14.3 Å². The van der Waals surface area contributed by atoms with E-state index in [-0.39, 0.29) is 17.9 Å². The number of carbonyl (C=O) groups is 1. The second kappa shape index (κ2) is 6.10. The summed E-state index contributed by atoms with van der Waals surface area (Å²) in [5.41, 5.74) is 0.200. The van der Waals surface area contributed by atoms with Crippen LogP contribution in [-0.4, -0.2) is 49.5 Å². The fourth-order valence-corrected chi connectivity index (χ4v) is 3.17. The first kappa shape index (κ1) is 16.5. The van der Waals surface area contributed by atoms with Crippen LogP contribution in [0.5, 0.6) is 0 Å². The van der Waals surface area contributed by atoms with Crippen LogP contribution >= 0.6 is 0 Å². The summed E-state index contributed by atoms with van der Waals surface area (Å²) in [6, 6.07) is 4.95. The summed E-state index contributed by atoms with van der Waals surface area (Å²) in [4.78, 5) is 17.1. The van der Waals surface area contributed by atoms with Gasteiger partial charge in [-0.15, -0.1) is 15.0 Å². The highest BCUT2D eigenvalue weighted by Gasteiger charge is 2.45. The first-order valence-corrected chi connectivity index (χ1v) is 8.17. The Hall–Kier alpha value is -2.94. The van der Waals surface area contributed by atoms with Crippen molar-refractivity contribution in [1.82, 2.24) is 25.2 Å². The maximum Gasteiger partial charge on any atom is 0.336 e. The lowest BCUT2D eigenvalue weighted by Gasteiger charge is -2.31. The fraction of sp³-hybridized carbons (Fsp3) is 0.353. The van der Waals surface area contributed by atoms with Gasteiger partial charge >= 0.3 is 5.97 Å². The van der Waals surface area contributed by atoms with Crippen molar-refractivity contribution >= 4 is 16.9 Å². The van der Waals surface area contributed by atoms with Crippen molar-refractivity contribution in [2.45, 2.75) is 25.3 Å². The van der Waals surface area contributed by atoms with E-state index in [1.807, 2.05) is 6.07 Å². The van der Waals surface area contributed by atoms with Crippen molar-refractivity contribution < 1.29 is 19.0 Å². The number of aliphatic carboxylic acids is 1. The van der Waals surface area contributed by atoms with Gasteiger partial charge in [-0.25, -0.2) is 9.18 Å². The maximum atomic E-state index is 14.0. The molecule has 1 aromatic carbocycles. The third-order valence-electron chi connectivity index (χ3n) is 4.55. The zero-order valence-corrected chi connectivity index (χ0v) is 14.0. The van der Waals surface area contributed by atoms with Gasteiger partial charge in [0.05, 0.1) is 6.61 Å². The first-order chi connectivity index (χ1) is 12.5. The van der Waals surface area contributed by atoms with Gasteiger partial charge in [-0.1, -0.05) is 0 Å². The van der Waals surface area contributed by atoms with E-state index in [0.717, 1.165) is 10.4 Å².